The summed E-state index contributed by atoms with van der Waals surface area (Å²) in [4.78, 5) is 16.5. The first kappa shape index (κ1) is 20.3. The molecule has 2 aliphatic heterocycles. The quantitative estimate of drug-likeness (QED) is 0.747. The molecule has 0 saturated carbocycles. The van der Waals surface area contributed by atoms with Crippen LogP contribution in [-0.2, 0) is 20.9 Å². The lowest BCUT2D eigenvalue weighted by molar-refractivity contribution is -0.229. The molecule has 2 heterocycles. The van der Waals surface area contributed by atoms with Crippen LogP contribution in [0.1, 0.15) is 12.5 Å². The van der Waals surface area contributed by atoms with Crippen LogP contribution in [0.4, 0.5) is 5.69 Å². The molecule has 0 bridgehead atoms. The summed E-state index contributed by atoms with van der Waals surface area (Å²) in [5.41, 5.74) is 4.81. The Hall–Kier alpha value is -2.94. The summed E-state index contributed by atoms with van der Waals surface area (Å²) in [5, 5.41) is 12.9. The van der Waals surface area contributed by atoms with Crippen molar-refractivity contribution in [3.8, 4) is 5.75 Å². The minimum Gasteiger partial charge on any atom is -0.497 e. The van der Waals surface area contributed by atoms with Crippen LogP contribution in [0.25, 0.3) is 0 Å². The van der Waals surface area contributed by atoms with Gasteiger partial charge in [0.1, 0.15) is 23.9 Å². The lowest BCUT2D eigenvalue weighted by Crippen LogP contribution is -2.68. The van der Waals surface area contributed by atoms with E-state index in [0.29, 0.717) is 12.4 Å². The van der Waals surface area contributed by atoms with Gasteiger partial charge in [-0.1, -0.05) is 30.3 Å². The fourth-order valence-corrected chi connectivity index (χ4v) is 3.65. The third kappa shape index (κ3) is 4.16. The first-order valence-corrected chi connectivity index (χ1v) is 9.80. The summed E-state index contributed by atoms with van der Waals surface area (Å²) < 4.78 is 16.9. The molecule has 0 unspecified atom stereocenters. The van der Waals surface area contributed by atoms with Gasteiger partial charge in [-0.05, 0) is 29.8 Å². The first-order chi connectivity index (χ1) is 14.6. The minimum atomic E-state index is -0.987. The number of carbonyl (C=O) groups excluding carboxylic acids is 1. The van der Waals surface area contributed by atoms with Crippen molar-refractivity contribution in [2.45, 2.75) is 38.0 Å². The number of rotatable bonds is 6. The molecular weight excluding hydrogens is 386 g/mol. The number of aliphatic hydroxyl groups is 1. The highest BCUT2D eigenvalue weighted by Crippen LogP contribution is 2.30. The van der Waals surface area contributed by atoms with Crippen molar-refractivity contribution in [2.24, 2.45) is 4.99 Å². The standard InChI is InChI=1S/C22H25N3O5/c1-14(26)21-23-18-13-30-22(29-12-15-6-4-3-5-7-15)20(27)19(18)25(24-21)16-8-10-17(28-2)11-9-16/h3-11,18-20,22,27H,12-13H2,1-2H3,(H,23,24)/t18-,19-,20+,22-/m0/s1. The normalized spacial score (nSPS) is 25.7. The largest absolute Gasteiger partial charge is 0.497 e. The molecule has 1 fully saturated rings. The zero-order valence-electron chi connectivity index (χ0n) is 16.9. The number of nitrogens with zero attached hydrogens (tertiary/aromatic N) is 2. The Balaban J connectivity index is 1.57. The monoisotopic (exact) mass is 411 g/mol. The van der Waals surface area contributed by atoms with Crippen LogP contribution >= 0.6 is 0 Å². The van der Waals surface area contributed by atoms with Crippen molar-refractivity contribution < 1.29 is 24.1 Å². The highest BCUT2D eigenvalue weighted by molar-refractivity contribution is 6.38. The number of methoxy groups -OCH3 is 1. The number of benzene rings is 2. The molecule has 1 saturated heterocycles. The molecule has 30 heavy (non-hydrogen) atoms. The van der Waals surface area contributed by atoms with Crippen molar-refractivity contribution in [3.63, 3.8) is 0 Å². The van der Waals surface area contributed by atoms with Crippen molar-refractivity contribution in [2.75, 3.05) is 18.7 Å². The number of hydrogen-bond donors (Lipinski definition) is 2. The summed E-state index contributed by atoms with van der Waals surface area (Å²) >= 11 is 0. The van der Waals surface area contributed by atoms with Gasteiger partial charge in [0.15, 0.2) is 17.9 Å². The molecule has 0 aliphatic carbocycles. The van der Waals surface area contributed by atoms with Gasteiger partial charge in [-0.3, -0.25) is 20.2 Å². The molecule has 8 nitrogen and oxygen atoms in total. The van der Waals surface area contributed by atoms with Gasteiger partial charge in [-0.2, -0.15) is 0 Å². The maximum atomic E-state index is 12.0. The number of ketones is 1. The number of Topliss-reactive ketones (excluding diaryl/α,β-unsaturated/α-hetero) is 1. The first-order valence-electron chi connectivity index (χ1n) is 9.80. The maximum Gasteiger partial charge on any atom is 0.196 e. The number of nitrogens with one attached hydrogen (secondary N) is 1. The average molecular weight is 411 g/mol. The average Bonchev–Trinajstić information content (AvgIpc) is 2.78. The van der Waals surface area contributed by atoms with Crippen molar-refractivity contribution in [1.29, 1.82) is 0 Å². The van der Waals surface area contributed by atoms with Crippen molar-refractivity contribution >= 4 is 17.3 Å². The molecule has 2 aromatic carbocycles. The Morgan fingerprint density at radius 3 is 2.63 bits per heavy atom. The third-order valence-electron chi connectivity index (χ3n) is 5.21. The highest BCUT2D eigenvalue weighted by atomic mass is 16.7. The number of aliphatic hydroxyl groups excluding tert-OH is 1. The zero-order chi connectivity index (χ0) is 21.1. The number of amidine groups is 1. The number of ether oxygens (including phenoxy) is 3. The van der Waals surface area contributed by atoms with Gasteiger partial charge in [0, 0.05) is 6.92 Å². The topological polar surface area (TPSA) is 92.6 Å². The van der Waals surface area contributed by atoms with E-state index in [-0.39, 0.29) is 18.2 Å². The summed E-state index contributed by atoms with van der Waals surface area (Å²) in [6, 6.07) is 16.2. The van der Waals surface area contributed by atoms with Crippen LogP contribution in [0.5, 0.6) is 5.75 Å². The molecule has 158 valence electrons. The predicted octanol–water partition coefficient (Wildman–Crippen LogP) is 1.68. The van der Waals surface area contributed by atoms with Crippen LogP contribution in [0.3, 0.4) is 0 Å². The molecule has 2 aromatic rings. The molecule has 0 spiro atoms. The Bertz CT molecular complexity index is 903. The maximum absolute atomic E-state index is 12.0. The highest BCUT2D eigenvalue weighted by Gasteiger charge is 2.46. The van der Waals surface area contributed by atoms with E-state index < -0.39 is 24.5 Å². The fourth-order valence-electron chi connectivity index (χ4n) is 3.65. The number of fused-ring (bicyclic) bond motifs is 1. The van der Waals surface area contributed by atoms with Crippen LogP contribution in [0.2, 0.25) is 0 Å². The smallest absolute Gasteiger partial charge is 0.196 e. The summed E-state index contributed by atoms with van der Waals surface area (Å²) in [6.45, 7) is 1.99. The number of hydrogen-bond acceptors (Lipinski definition) is 8. The van der Waals surface area contributed by atoms with E-state index in [1.807, 2.05) is 54.6 Å². The van der Waals surface area contributed by atoms with Crippen LogP contribution < -0.4 is 15.2 Å². The van der Waals surface area contributed by atoms with Gasteiger partial charge in [0.25, 0.3) is 0 Å². The van der Waals surface area contributed by atoms with Gasteiger partial charge < -0.3 is 19.3 Å². The summed E-state index contributed by atoms with van der Waals surface area (Å²) in [6.07, 6.45) is -1.80. The molecule has 2 N–H and O–H groups in total. The lowest BCUT2D eigenvalue weighted by atomic mass is 9.97. The van der Waals surface area contributed by atoms with E-state index in [2.05, 4.69) is 10.4 Å². The van der Waals surface area contributed by atoms with Crippen LogP contribution in [-0.4, -0.2) is 54.9 Å². The number of aliphatic imine (C=N–C) groups is 1. The Labute approximate surface area is 175 Å². The second kappa shape index (κ2) is 8.83. The number of hydrazine groups is 1. The van der Waals surface area contributed by atoms with Crippen LogP contribution in [0.15, 0.2) is 59.6 Å². The van der Waals surface area contributed by atoms with Gasteiger partial charge in [-0.25, -0.2) is 0 Å². The molecule has 8 heteroatoms. The number of carbonyl (C=O) groups is 1. The second-order valence-corrected chi connectivity index (χ2v) is 7.26. The third-order valence-corrected chi connectivity index (χ3v) is 5.21. The lowest BCUT2D eigenvalue weighted by Gasteiger charge is -2.47. The van der Waals surface area contributed by atoms with E-state index in [0.717, 1.165) is 11.3 Å². The van der Waals surface area contributed by atoms with Crippen molar-refractivity contribution in [3.05, 3.63) is 60.2 Å². The fraction of sp³-hybridized carbons (Fsp3) is 0.364. The molecular formula is C22H25N3O5. The van der Waals surface area contributed by atoms with Crippen LogP contribution in [0, 0.1) is 0 Å². The van der Waals surface area contributed by atoms with Gasteiger partial charge >= 0.3 is 0 Å². The number of anilines is 1. The molecule has 4 atom stereocenters. The summed E-state index contributed by atoms with van der Waals surface area (Å²) in [7, 11) is 1.60. The second-order valence-electron chi connectivity index (χ2n) is 7.26. The SMILES string of the molecule is COc1ccc(N2NC(C(C)=O)=N[C@H]3CO[C@H](OCc4ccccc4)[C@H](O)[C@H]32)cc1. The Morgan fingerprint density at radius 1 is 1.23 bits per heavy atom. The zero-order valence-corrected chi connectivity index (χ0v) is 16.9. The molecule has 2 aliphatic rings. The van der Waals surface area contributed by atoms with E-state index in [1.54, 1.807) is 12.1 Å². The van der Waals surface area contributed by atoms with E-state index >= 15 is 0 Å². The van der Waals surface area contributed by atoms with Gasteiger partial charge in [0.2, 0.25) is 0 Å². The molecule has 0 aromatic heterocycles. The Kier molecular flexibility index (Phi) is 5.98. The summed E-state index contributed by atoms with van der Waals surface area (Å²) in [5.74, 6) is 0.750. The van der Waals surface area contributed by atoms with Crippen molar-refractivity contribution in [1.82, 2.24) is 5.43 Å². The van der Waals surface area contributed by atoms with Gasteiger partial charge in [0.05, 0.1) is 26.0 Å². The van der Waals surface area contributed by atoms with Gasteiger partial charge in [-0.15, -0.1) is 0 Å². The minimum absolute atomic E-state index is 0.191. The molecule has 4 rings (SSSR count). The Morgan fingerprint density at radius 2 is 1.97 bits per heavy atom. The van der Waals surface area contributed by atoms with E-state index in [1.165, 1.54) is 6.92 Å². The molecule has 0 amide bonds. The van der Waals surface area contributed by atoms with E-state index in [9.17, 15) is 9.90 Å². The molecule has 0 radical (unpaired) electrons. The van der Waals surface area contributed by atoms with E-state index in [4.69, 9.17) is 14.2 Å². The predicted molar refractivity (Wildman–Crippen MR) is 111 cm³/mol.